The third-order valence-electron chi connectivity index (χ3n) is 4.80. The van der Waals surface area contributed by atoms with Crippen LogP contribution in [0, 0.1) is 5.92 Å². The van der Waals surface area contributed by atoms with Crippen LogP contribution in [0.3, 0.4) is 0 Å². The summed E-state index contributed by atoms with van der Waals surface area (Å²) < 4.78 is 22.7. The lowest BCUT2D eigenvalue weighted by Crippen LogP contribution is -2.07. The molecule has 0 aliphatic carbocycles. The molecule has 1 aromatic heterocycles. The zero-order chi connectivity index (χ0) is 21.7. The molecule has 0 atom stereocenters. The summed E-state index contributed by atoms with van der Waals surface area (Å²) in [5, 5.41) is 1.93. The molecule has 6 nitrogen and oxygen atoms in total. The van der Waals surface area contributed by atoms with E-state index in [0.29, 0.717) is 54.2 Å². The van der Waals surface area contributed by atoms with Crippen LogP contribution in [0.4, 0.5) is 5.69 Å². The molecule has 0 saturated heterocycles. The summed E-state index contributed by atoms with van der Waals surface area (Å²) in [6.45, 7) is 7.29. The number of rotatable bonds is 9. The number of hydrogen-bond donors (Lipinski definition) is 1. The summed E-state index contributed by atoms with van der Waals surface area (Å²) in [7, 11) is 3.27. The topological polar surface area (TPSA) is 75.8 Å². The van der Waals surface area contributed by atoms with Crippen molar-refractivity contribution in [2.75, 3.05) is 33.2 Å². The lowest BCUT2D eigenvalue weighted by atomic mass is 9.99. The van der Waals surface area contributed by atoms with Gasteiger partial charge in [0.25, 0.3) is 0 Å². The molecule has 0 aliphatic rings. The molecular weight excluding hydrogens is 392 g/mol. The minimum Gasteiger partial charge on any atom is -0.493 e. The lowest BCUT2D eigenvalue weighted by molar-refractivity contribution is 0.243. The van der Waals surface area contributed by atoms with Crippen molar-refractivity contribution in [2.45, 2.75) is 34.6 Å². The number of nitrogens with two attached hydrogens (primary N) is 1. The maximum atomic E-state index is 6.31. The zero-order valence-corrected chi connectivity index (χ0v) is 18.3. The molecule has 168 valence electrons. The number of aromatic nitrogens is 1. The first-order chi connectivity index (χ1) is 14.5. The van der Waals surface area contributed by atoms with Crippen LogP contribution in [0.5, 0.6) is 23.0 Å². The second kappa shape index (κ2) is 10.8. The molecule has 31 heavy (non-hydrogen) atoms. The molecule has 0 fully saturated rings. The second-order valence-electron chi connectivity index (χ2n) is 7.52. The average molecular weight is 427 g/mol. The molecule has 0 saturated carbocycles. The third kappa shape index (κ3) is 5.32. The molecule has 0 unspecified atom stereocenters. The van der Waals surface area contributed by atoms with Gasteiger partial charge in [0.1, 0.15) is 5.75 Å². The van der Waals surface area contributed by atoms with Crippen molar-refractivity contribution in [3.63, 3.8) is 0 Å². The fourth-order valence-corrected chi connectivity index (χ4v) is 3.38. The third-order valence-corrected chi connectivity index (χ3v) is 4.80. The van der Waals surface area contributed by atoms with Gasteiger partial charge in [-0.3, -0.25) is 4.98 Å². The minimum atomic E-state index is 0. The first-order valence-corrected chi connectivity index (χ1v) is 10.1. The molecule has 0 aliphatic heterocycles. The van der Waals surface area contributed by atoms with Gasteiger partial charge >= 0.3 is 0 Å². The molecule has 0 spiro atoms. The number of nitrogens with zero attached hydrogens (tertiary/aromatic N) is 1. The van der Waals surface area contributed by atoms with Crippen LogP contribution in [-0.4, -0.2) is 32.4 Å². The fourth-order valence-electron chi connectivity index (χ4n) is 3.38. The van der Waals surface area contributed by atoms with Crippen molar-refractivity contribution in [3.8, 4) is 23.0 Å². The van der Waals surface area contributed by atoms with Crippen molar-refractivity contribution in [2.24, 2.45) is 5.92 Å². The van der Waals surface area contributed by atoms with Gasteiger partial charge in [-0.15, -0.1) is 0 Å². The predicted molar refractivity (Wildman–Crippen MR) is 127 cm³/mol. The van der Waals surface area contributed by atoms with Crippen LogP contribution in [0.1, 0.15) is 39.3 Å². The van der Waals surface area contributed by atoms with Crippen LogP contribution in [0.25, 0.3) is 10.8 Å². The largest absolute Gasteiger partial charge is 0.493 e. The zero-order valence-electron chi connectivity index (χ0n) is 18.3. The summed E-state index contributed by atoms with van der Waals surface area (Å²) in [4.78, 5) is 4.40. The molecule has 3 rings (SSSR count). The summed E-state index contributed by atoms with van der Waals surface area (Å²) in [6.07, 6.45) is 4.29. The molecule has 0 bridgehead atoms. The SMILES string of the molecule is C.CCOc1ccc2c(Cc3cc(OC)c(OCC(C)C)c(OC)c3)cncc2c1N. The number of methoxy groups -OCH3 is 2. The average Bonchev–Trinajstić information content (AvgIpc) is 2.74. The maximum Gasteiger partial charge on any atom is 0.203 e. The molecule has 0 radical (unpaired) electrons. The molecule has 1 heterocycles. The van der Waals surface area contributed by atoms with Gasteiger partial charge < -0.3 is 24.7 Å². The van der Waals surface area contributed by atoms with Gasteiger partial charge in [-0.25, -0.2) is 0 Å². The highest BCUT2D eigenvalue weighted by Gasteiger charge is 2.16. The summed E-state index contributed by atoms with van der Waals surface area (Å²) in [5.41, 5.74) is 9.01. The number of hydrogen-bond acceptors (Lipinski definition) is 6. The van der Waals surface area contributed by atoms with Crippen LogP contribution < -0.4 is 24.7 Å². The number of pyridine rings is 1. The summed E-state index contributed by atoms with van der Waals surface area (Å²) in [5.74, 6) is 3.00. The Kier molecular flexibility index (Phi) is 8.37. The van der Waals surface area contributed by atoms with Gasteiger partial charge in [0.15, 0.2) is 11.5 Å². The summed E-state index contributed by atoms with van der Waals surface area (Å²) in [6, 6.07) is 7.90. The normalized spacial score (nSPS) is 10.6. The molecule has 2 N–H and O–H groups in total. The number of benzene rings is 2. The van der Waals surface area contributed by atoms with Gasteiger partial charge in [-0.1, -0.05) is 27.3 Å². The van der Waals surface area contributed by atoms with Crippen molar-refractivity contribution < 1.29 is 18.9 Å². The van der Waals surface area contributed by atoms with E-state index in [1.54, 1.807) is 20.4 Å². The molecular formula is C25H34N2O4. The van der Waals surface area contributed by atoms with Gasteiger partial charge in [0, 0.05) is 17.8 Å². The first-order valence-electron chi connectivity index (χ1n) is 10.1. The Labute approximate surface area is 185 Å². The number of anilines is 1. The highest BCUT2D eigenvalue weighted by atomic mass is 16.5. The van der Waals surface area contributed by atoms with E-state index in [1.807, 2.05) is 37.4 Å². The van der Waals surface area contributed by atoms with E-state index in [-0.39, 0.29) is 7.43 Å². The number of fused-ring (bicyclic) bond motifs is 1. The predicted octanol–water partition coefficient (Wildman–Crippen LogP) is 5.49. The van der Waals surface area contributed by atoms with E-state index in [2.05, 4.69) is 18.8 Å². The van der Waals surface area contributed by atoms with E-state index in [4.69, 9.17) is 24.7 Å². The Morgan fingerprint density at radius 2 is 1.61 bits per heavy atom. The molecule has 3 aromatic rings. The highest BCUT2D eigenvalue weighted by molar-refractivity contribution is 5.97. The summed E-state index contributed by atoms with van der Waals surface area (Å²) >= 11 is 0. The number of nitrogen functional groups attached to an aromatic ring is 1. The second-order valence-corrected chi connectivity index (χ2v) is 7.52. The quantitative estimate of drug-likeness (QED) is 0.456. The van der Waals surface area contributed by atoms with Crippen LogP contribution in [0.15, 0.2) is 36.7 Å². The van der Waals surface area contributed by atoms with E-state index >= 15 is 0 Å². The van der Waals surface area contributed by atoms with Crippen LogP contribution in [-0.2, 0) is 6.42 Å². The van der Waals surface area contributed by atoms with E-state index < -0.39 is 0 Å². The number of ether oxygens (including phenoxy) is 4. The minimum absolute atomic E-state index is 0. The van der Waals surface area contributed by atoms with Crippen LogP contribution in [0.2, 0.25) is 0 Å². The highest BCUT2D eigenvalue weighted by Crippen LogP contribution is 2.40. The molecule has 6 heteroatoms. The van der Waals surface area contributed by atoms with Crippen molar-refractivity contribution >= 4 is 16.5 Å². The molecule has 0 amide bonds. The Balaban J connectivity index is 0.00000341. The van der Waals surface area contributed by atoms with Gasteiger partial charge in [0.2, 0.25) is 5.75 Å². The lowest BCUT2D eigenvalue weighted by Gasteiger charge is -2.17. The van der Waals surface area contributed by atoms with E-state index in [1.165, 1.54) is 0 Å². The Bertz CT molecular complexity index is 993. The smallest absolute Gasteiger partial charge is 0.203 e. The van der Waals surface area contributed by atoms with E-state index in [0.717, 1.165) is 21.9 Å². The van der Waals surface area contributed by atoms with Gasteiger partial charge in [-0.2, -0.15) is 0 Å². The van der Waals surface area contributed by atoms with Crippen LogP contribution >= 0.6 is 0 Å². The van der Waals surface area contributed by atoms with E-state index in [9.17, 15) is 0 Å². The van der Waals surface area contributed by atoms with Crippen molar-refractivity contribution in [1.82, 2.24) is 4.98 Å². The maximum absolute atomic E-state index is 6.31. The van der Waals surface area contributed by atoms with Gasteiger partial charge in [-0.05, 0) is 54.0 Å². The molecule has 2 aromatic carbocycles. The Hall–Kier alpha value is -3.15. The monoisotopic (exact) mass is 426 g/mol. The van der Waals surface area contributed by atoms with Gasteiger partial charge in [0.05, 0.1) is 33.1 Å². The van der Waals surface area contributed by atoms with Crippen molar-refractivity contribution in [3.05, 3.63) is 47.8 Å². The first kappa shape index (κ1) is 24.1. The Morgan fingerprint density at radius 3 is 2.19 bits per heavy atom. The Morgan fingerprint density at radius 1 is 0.935 bits per heavy atom. The standard InChI is InChI=1S/C24H30N2O4.CH4/c1-6-29-20-8-7-18-17(12-26-13-19(18)23(20)25)9-16-10-21(27-4)24(22(11-16)28-5)30-14-15(2)3;/h7-8,10-13,15H,6,9,14,25H2,1-5H3;1H4. The fraction of sp³-hybridized carbons (Fsp3) is 0.400. The van der Waals surface area contributed by atoms with Crippen molar-refractivity contribution in [1.29, 1.82) is 0 Å².